The average Bonchev–Trinajstić information content (AvgIpc) is 3.04. The molecule has 1 fully saturated rings. The van der Waals surface area contributed by atoms with E-state index in [2.05, 4.69) is 0 Å². The average molecular weight is 297 g/mol. The minimum atomic E-state index is -0.991. The Morgan fingerprint density at radius 2 is 2.15 bits per heavy atom. The molecule has 0 saturated carbocycles. The number of carboxylic acid groups (broad SMARTS) is 1. The third-order valence-electron chi connectivity index (χ3n) is 3.29. The molecule has 20 heavy (non-hydrogen) atoms. The lowest BCUT2D eigenvalue weighted by Crippen LogP contribution is -2.38. The van der Waals surface area contributed by atoms with Gasteiger partial charge < -0.3 is 14.7 Å². The van der Waals surface area contributed by atoms with Crippen molar-refractivity contribution in [3.63, 3.8) is 0 Å². The highest BCUT2D eigenvalue weighted by Gasteiger charge is 2.30. The maximum Gasteiger partial charge on any atom is 0.345 e. The fourth-order valence-electron chi connectivity index (χ4n) is 2.29. The van der Waals surface area contributed by atoms with Gasteiger partial charge in [-0.1, -0.05) is 0 Å². The molecule has 0 unspecified atom stereocenters. The molecule has 6 heteroatoms. The second-order valence-electron chi connectivity index (χ2n) is 5.15. The van der Waals surface area contributed by atoms with E-state index in [0.717, 1.165) is 24.2 Å². The van der Waals surface area contributed by atoms with Crippen LogP contribution in [0.1, 0.15) is 46.0 Å². The Bertz CT molecular complexity index is 497. The first-order valence-electron chi connectivity index (χ1n) is 6.74. The zero-order chi connectivity index (χ0) is 14.7. The van der Waals surface area contributed by atoms with Gasteiger partial charge in [0.15, 0.2) is 0 Å². The van der Waals surface area contributed by atoms with Gasteiger partial charge in [0, 0.05) is 6.54 Å². The molecule has 5 nitrogen and oxygen atoms in total. The summed E-state index contributed by atoms with van der Waals surface area (Å²) >= 11 is 1.03. The molecule has 1 N–H and O–H groups in total. The van der Waals surface area contributed by atoms with Gasteiger partial charge in [-0.15, -0.1) is 11.3 Å². The summed E-state index contributed by atoms with van der Waals surface area (Å²) < 4.78 is 5.60. The summed E-state index contributed by atoms with van der Waals surface area (Å²) in [4.78, 5) is 25.8. The quantitative estimate of drug-likeness (QED) is 0.906. The SMILES string of the molecule is CC(C)OC[C@H]1CCCN1C(=O)c1ccc(C(=O)O)s1. The van der Waals surface area contributed by atoms with Crippen LogP contribution in [0.2, 0.25) is 0 Å². The first kappa shape index (κ1) is 15.0. The summed E-state index contributed by atoms with van der Waals surface area (Å²) in [5.74, 6) is -1.08. The number of likely N-dealkylation sites (tertiary alicyclic amines) is 1. The number of carboxylic acids is 1. The highest BCUT2D eigenvalue weighted by molar-refractivity contribution is 7.15. The molecule has 1 aliphatic heterocycles. The normalized spacial score (nSPS) is 18.8. The number of amides is 1. The van der Waals surface area contributed by atoms with Gasteiger partial charge in [0.1, 0.15) is 4.88 Å². The van der Waals surface area contributed by atoms with Crippen LogP contribution in [0.5, 0.6) is 0 Å². The summed E-state index contributed by atoms with van der Waals surface area (Å²) in [6.45, 7) is 5.20. The molecule has 0 aromatic carbocycles. The largest absolute Gasteiger partial charge is 0.477 e. The molecule has 1 aromatic rings. The van der Waals surface area contributed by atoms with Crippen molar-refractivity contribution < 1.29 is 19.4 Å². The Balaban J connectivity index is 2.04. The molecule has 1 aromatic heterocycles. The Hall–Kier alpha value is -1.40. The summed E-state index contributed by atoms with van der Waals surface area (Å²) in [6.07, 6.45) is 2.05. The Labute approximate surface area is 122 Å². The molecular formula is C14H19NO4S. The van der Waals surface area contributed by atoms with Crippen LogP contribution in [0.15, 0.2) is 12.1 Å². The van der Waals surface area contributed by atoms with E-state index in [9.17, 15) is 9.59 Å². The number of carbonyl (C=O) groups is 2. The predicted molar refractivity (Wildman–Crippen MR) is 76.4 cm³/mol. The molecule has 0 spiro atoms. The Morgan fingerprint density at radius 3 is 2.75 bits per heavy atom. The number of rotatable bonds is 5. The maximum atomic E-state index is 12.4. The lowest BCUT2D eigenvalue weighted by Gasteiger charge is -2.24. The lowest BCUT2D eigenvalue weighted by atomic mass is 10.2. The summed E-state index contributed by atoms with van der Waals surface area (Å²) in [5.41, 5.74) is 0. The van der Waals surface area contributed by atoms with Gasteiger partial charge in [-0.3, -0.25) is 4.79 Å². The van der Waals surface area contributed by atoms with E-state index < -0.39 is 5.97 Å². The molecule has 2 rings (SSSR count). The second-order valence-corrected chi connectivity index (χ2v) is 6.23. The number of nitrogens with zero attached hydrogens (tertiary/aromatic N) is 1. The molecule has 1 atom stereocenters. The summed E-state index contributed by atoms with van der Waals surface area (Å²) in [6, 6.07) is 3.17. The van der Waals surface area contributed by atoms with Crippen molar-refractivity contribution in [2.24, 2.45) is 0 Å². The highest BCUT2D eigenvalue weighted by Crippen LogP contribution is 2.24. The van der Waals surface area contributed by atoms with Gasteiger partial charge in [-0.2, -0.15) is 0 Å². The van der Waals surface area contributed by atoms with Crippen LogP contribution in [0.3, 0.4) is 0 Å². The van der Waals surface area contributed by atoms with Crippen molar-refractivity contribution in [1.29, 1.82) is 0 Å². The number of hydrogen-bond donors (Lipinski definition) is 1. The van der Waals surface area contributed by atoms with Gasteiger partial charge in [0.25, 0.3) is 5.91 Å². The molecule has 0 bridgehead atoms. The highest BCUT2D eigenvalue weighted by atomic mass is 32.1. The molecular weight excluding hydrogens is 278 g/mol. The molecule has 1 aliphatic rings. The summed E-state index contributed by atoms with van der Waals surface area (Å²) in [5, 5.41) is 8.91. The van der Waals surface area contributed by atoms with Crippen LogP contribution in [-0.2, 0) is 4.74 Å². The molecule has 1 amide bonds. The van der Waals surface area contributed by atoms with Gasteiger partial charge in [0.2, 0.25) is 0 Å². The fraction of sp³-hybridized carbons (Fsp3) is 0.571. The van der Waals surface area contributed by atoms with E-state index in [4.69, 9.17) is 9.84 Å². The molecule has 0 radical (unpaired) electrons. The van der Waals surface area contributed by atoms with Crippen molar-refractivity contribution in [2.45, 2.75) is 38.8 Å². The van der Waals surface area contributed by atoms with Crippen molar-refractivity contribution >= 4 is 23.2 Å². The van der Waals surface area contributed by atoms with Crippen LogP contribution in [0, 0.1) is 0 Å². The van der Waals surface area contributed by atoms with E-state index in [-0.39, 0.29) is 22.9 Å². The zero-order valence-electron chi connectivity index (χ0n) is 11.7. The minimum absolute atomic E-state index is 0.0858. The first-order chi connectivity index (χ1) is 9.49. The topological polar surface area (TPSA) is 66.8 Å². The number of ether oxygens (including phenoxy) is 1. The van der Waals surface area contributed by atoms with Crippen LogP contribution in [0.4, 0.5) is 0 Å². The van der Waals surface area contributed by atoms with Crippen molar-refractivity contribution in [3.8, 4) is 0 Å². The van der Waals surface area contributed by atoms with Crippen molar-refractivity contribution in [2.75, 3.05) is 13.2 Å². The third-order valence-corrected chi connectivity index (χ3v) is 4.35. The Morgan fingerprint density at radius 1 is 1.45 bits per heavy atom. The van der Waals surface area contributed by atoms with Gasteiger partial charge in [-0.25, -0.2) is 4.79 Å². The van der Waals surface area contributed by atoms with Gasteiger partial charge in [0.05, 0.1) is 23.6 Å². The number of hydrogen-bond acceptors (Lipinski definition) is 4. The molecule has 0 aliphatic carbocycles. The molecule has 110 valence electrons. The first-order valence-corrected chi connectivity index (χ1v) is 7.56. The number of aromatic carboxylic acids is 1. The smallest absolute Gasteiger partial charge is 0.345 e. The molecule has 2 heterocycles. The standard InChI is InChI=1S/C14H19NO4S/c1-9(2)19-8-10-4-3-7-15(10)13(16)11-5-6-12(20-11)14(17)18/h5-6,9-10H,3-4,7-8H2,1-2H3,(H,17,18)/t10-/m1/s1. The van der Waals surface area contributed by atoms with E-state index >= 15 is 0 Å². The predicted octanol–water partition coefficient (Wildman–Crippen LogP) is 2.48. The van der Waals surface area contributed by atoms with Crippen LogP contribution in [0.25, 0.3) is 0 Å². The van der Waals surface area contributed by atoms with Gasteiger partial charge in [-0.05, 0) is 38.8 Å². The number of thiophene rings is 1. The zero-order valence-corrected chi connectivity index (χ0v) is 12.5. The third kappa shape index (κ3) is 3.37. The van der Waals surface area contributed by atoms with E-state index in [1.165, 1.54) is 6.07 Å². The molecule has 1 saturated heterocycles. The second kappa shape index (κ2) is 6.37. The van der Waals surface area contributed by atoms with Crippen LogP contribution < -0.4 is 0 Å². The Kier molecular flexibility index (Phi) is 4.77. The van der Waals surface area contributed by atoms with Crippen LogP contribution in [-0.4, -0.2) is 47.2 Å². The summed E-state index contributed by atoms with van der Waals surface area (Å²) in [7, 11) is 0. The minimum Gasteiger partial charge on any atom is -0.477 e. The van der Waals surface area contributed by atoms with E-state index in [0.29, 0.717) is 18.0 Å². The van der Waals surface area contributed by atoms with Crippen LogP contribution >= 0.6 is 11.3 Å². The maximum absolute atomic E-state index is 12.4. The lowest BCUT2D eigenvalue weighted by molar-refractivity contribution is 0.0328. The monoisotopic (exact) mass is 297 g/mol. The fourth-order valence-corrected chi connectivity index (χ4v) is 3.09. The van der Waals surface area contributed by atoms with E-state index in [1.807, 2.05) is 13.8 Å². The van der Waals surface area contributed by atoms with Crippen molar-refractivity contribution in [3.05, 3.63) is 21.9 Å². The van der Waals surface area contributed by atoms with Crippen molar-refractivity contribution in [1.82, 2.24) is 4.90 Å². The van der Waals surface area contributed by atoms with Gasteiger partial charge >= 0.3 is 5.97 Å². The van der Waals surface area contributed by atoms with E-state index in [1.54, 1.807) is 11.0 Å². The number of carbonyl (C=O) groups excluding carboxylic acids is 1.